The lowest BCUT2D eigenvalue weighted by molar-refractivity contribution is 0.540. The van der Waals surface area contributed by atoms with Crippen LogP contribution < -0.4 is 0 Å². The van der Waals surface area contributed by atoms with Crippen molar-refractivity contribution in [3.63, 3.8) is 0 Å². The normalized spacial score (nSPS) is 10.8. The van der Waals surface area contributed by atoms with Crippen LogP contribution in [0, 0.1) is 6.92 Å². The first-order chi connectivity index (χ1) is 8.79. The van der Waals surface area contributed by atoms with E-state index in [4.69, 9.17) is 0 Å². The van der Waals surface area contributed by atoms with Gasteiger partial charge in [0, 0.05) is 11.4 Å². The molecule has 0 bridgehead atoms. The average molecular weight is 262 g/mol. The van der Waals surface area contributed by atoms with Crippen LogP contribution in [0.25, 0.3) is 0 Å². The fourth-order valence-corrected chi connectivity index (χ4v) is 2.42. The average Bonchev–Trinajstić information content (AvgIpc) is 2.83. The third-order valence-corrected chi connectivity index (χ3v) is 3.73. The van der Waals surface area contributed by atoms with Gasteiger partial charge in [0.1, 0.15) is 0 Å². The minimum Gasteiger partial charge on any atom is -0.229 e. The Hall–Kier alpha value is -1.36. The summed E-state index contributed by atoms with van der Waals surface area (Å²) in [5.74, 6) is 1.77. The van der Waals surface area contributed by atoms with Crippen molar-refractivity contribution in [2.24, 2.45) is 0 Å². The summed E-state index contributed by atoms with van der Waals surface area (Å²) in [4.78, 5) is 1.26. The SMILES string of the molecule is CCCCn1nnnc1CSc1ccc(C)cc1. The quantitative estimate of drug-likeness (QED) is 0.750. The summed E-state index contributed by atoms with van der Waals surface area (Å²) in [6.45, 7) is 5.18. The number of benzene rings is 1. The van der Waals surface area contributed by atoms with Crippen LogP contribution in [0.15, 0.2) is 29.2 Å². The van der Waals surface area contributed by atoms with E-state index in [0.717, 1.165) is 31.0 Å². The largest absolute Gasteiger partial charge is 0.229 e. The molecule has 0 aliphatic heterocycles. The molecule has 1 heterocycles. The van der Waals surface area contributed by atoms with E-state index in [-0.39, 0.29) is 0 Å². The predicted molar refractivity (Wildman–Crippen MR) is 73.5 cm³/mol. The number of rotatable bonds is 6. The van der Waals surface area contributed by atoms with Crippen LogP contribution in [0.5, 0.6) is 0 Å². The highest BCUT2D eigenvalue weighted by Gasteiger charge is 2.06. The second-order valence-electron chi connectivity index (χ2n) is 4.27. The summed E-state index contributed by atoms with van der Waals surface area (Å²) in [5.41, 5.74) is 1.28. The first kappa shape index (κ1) is 13.1. The molecule has 0 aliphatic rings. The summed E-state index contributed by atoms with van der Waals surface area (Å²) in [6, 6.07) is 8.53. The van der Waals surface area contributed by atoms with Gasteiger partial charge in [-0.25, -0.2) is 4.68 Å². The van der Waals surface area contributed by atoms with E-state index >= 15 is 0 Å². The second kappa shape index (κ2) is 6.54. The number of tetrazole rings is 1. The number of aryl methyl sites for hydroxylation is 2. The highest BCUT2D eigenvalue weighted by Crippen LogP contribution is 2.21. The number of aromatic nitrogens is 4. The first-order valence-electron chi connectivity index (χ1n) is 6.24. The summed E-state index contributed by atoms with van der Waals surface area (Å²) in [7, 11) is 0. The Morgan fingerprint density at radius 3 is 2.72 bits per heavy atom. The number of hydrogen-bond donors (Lipinski definition) is 0. The van der Waals surface area contributed by atoms with Gasteiger partial charge in [0.25, 0.3) is 0 Å². The maximum atomic E-state index is 4.08. The zero-order valence-corrected chi connectivity index (χ0v) is 11.7. The van der Waals surface area contributed by atoms with Gasteiger partial charge in [-0.3, -0.25) is 0 Å². The lowest BCUT2D eigenvalue weighted by Gasteiger charge is -2.04. The third-order valence-electron chi connectivity index (χ3n) is 2.72. The Morgan fingerprint density at radius 2 is 2.00 bits per heavy atom. The van der Waals surface area contributed by atoms with Crippen molar-refractivity contribution in [1.29, 1.82) is 0 Å². The number of thioether (sulfide) groups is 1. The standard InChI is InChI=1S/C13H18N4S/c1-3-4-9-17-13(14-15-16-17)10-18-12-7-5-11(2)6-8-12/h5-8H,3-4,9-10H2,1-2H3. The molecule has 4 nitrogen and oxygen atoms in total. The molecule has 0 amide bonds. The van der Waals surface area contributed by atoms with Gasteiger partial charge in [0.05, 0.1) is 5.75 Å². The van der Waals surface area contributed by atoms with Gasteiger partial charge in [0.2, 0.25) is 0 Å². The third kappa shape index (κ3) is 3.57. The number of unbranched alkanes of at least 4 members (excludes halogenated alkanes) is 1. The van der Waals surface area contributed by atoms with Gasteiger partial charge in [-0.1, -0.05) is 31.0 Å². The van der Waals surface area contributed by atoms with E-state index < -0.39 is 0 Å². The highest BCUT2D eigenvalue weighted by atomic mass is 32.2. The molecule has 0 N–H and O–H groups in total. The lowest BCUT2D eigenvalue weighted by Crippen LogP contribution is -2.04. The Labute approximate surface area is 112 Å². The Balaban J connectivity index is 1.93. The maximum Gasteiger partial charge on any atom is 0.161 e. The van der Waals surface area contributed by atoms with Crippen molar-refractivity contribution in [2.75, 3.05) is 0 Å². The molecule has 2 aromatic rings. The first-order valence-corrected chi connectivity index (χ1v) is 7.22. The summed E-state index contributed by atoms with van der Waals surface area (Å²) < 4.78 is 1.91. The van der Waals surface area contributed by atoms with Crippen LogP contribution in [0.3, 0.4) is 0 Å². The molecule has 18 heavy (non-hydrogen) atoms. The zero-order valence-electron chi connectivity index (χ0n) is 10.8. The van der Waals surface area contributed by atoms with E-state index in [9.17, 15) is 0 Å². The molecule has 5 heteroatoms. The predicted octanol–water partition coefficient (Wildman–Crippen LogP) is 3.07. The molecule has 0 radical (unpaired) electrons. The molecule has 0 saturated carbocycles. The fraction of sp³-hybridized carbons (Fsp3) is 0.462. The molecule has 0 fully saturated rings. The Morgan fingerprint density at radius 1 is 1.22 bits per heavy atom. The molecule has 0 saturated heterocycles. The molecule has 1 aromatic carbocycles. The van der Waals surface area contributed by atoms with E-state index in [1.54, 1.807) is 11.8 Å². The van der Waals surface area contributed by atoms with Crippen LogP contribution in [0.4, 0.5) is 0 Å². The summed E-state index contributed by atoms with van der Waals surface area (Å²) in [5, 5.41) is 11.9. The monoisotopic (exact) mass is 262 g/mol. The van der Waals surface area contributed by atoms with Gasteiger partial charge < -0.3 is 0 Å². The van der Waals surface area contributed by atoms with Gasteiger partial charge >= 0.3 is 0 Å². The molecule has 0 aliphatic carbocycles. The van der Waals surface area contributed by atoms with Crippen LogP contribution in [-0.2, 0) is 12.3 Å². The van der Waals surface area contributed by atoms with Crippen LogP contribution in [0.1, 0.15) is 31.2 Å². The van der Waals surface area contributed by atoms with Crippen molar-refractivity contribution in [3.8, 4) is 0 Å². The molecular weight excluding hydrogens is 244 g/mol. The number of hydrogen-bond acceptors (Lipinski definition) is 4. The molecule has 0 atom stereocenters. The topological polar surface area (TPSA) is 43.6 Å². The summed E-state index contributed by atoms with van der Waals surface area (Å²) in [6.07, 6.45) is 2.28. The van der Waals surface area contributed by atoms with E-state index in [1.165, 1.54) is 10.5 Å². The van der Waals surface area contributed by atoms with Crippen LogP contribution >= 0.6 is 11.8 Å². The van der Waals surface area contributed by atoms with Crippen molar-refractivity contribution in [2.45, 2.75) is 43.9 Å². The minimum atomic E-state index is 0.819. The smallest absolute Gasteiger partial charge is 0.161 e. The van der Waals surface area contributed by atoms with Gasteiger partial charge in [0.15, 0.2) is 5.82 Å². The van der Waals surface area contributed by atoms with Crippen LogP contribution in [0.2, 0.25) is 0 Å². The highest BCUT2D eigenvalue weighted by molar-refractivity contribution is 7.98. The molecule has 1 aromatic heterocycles. The summed E-state index contributed by atoms with van der Waals surface area (Å²) >= 11 is 1.77. The van der Waals surface area contributed by atoms with Crippen molar-refractivity contribution >= 4 is 11.8 Å². The second-order valence-corrected chi connectivity index (χ2v) is 5.32. The Kier molecular flexibility index (Phi) is 4.75. The molecule has 2 rings (SSSR count). The van der Waals surface area contributed by atoms with Crippen molar-refractivity contribution in [1.82, 2.24) is 20.2 Å². The number of nitrogens with zero attached hydrogens (tertiary/aromatic N) is 4. The van der Waals surface area contributed by atoms with Crippen molar-refractivity contribution < 1.29 is 0 Å². The molecule has 96 valence electrons. The fourth-order valence-electron chi connectivity index (χ4n) is 1.59. The van der Waals surface area contributed by atoms with Gasteiger partial charge in [-0.2, -0.15) is 0 Å². The minimum absolute atomic E-state index is 0.819. The Bertz CT molecular complexity index is 478. The molecular formula is C13H18N4S. The van der Waals surface area contributed by atoms with Gasteiger partial charge in [-0.05, 0) is 35.9 Å². The molecule has 0 spiro atoms. The van der Waals surface area contributed by atoms with E-state index in [1.807, 2.05) is 4.68 Å². The van der Waals surface area contributed by atoms with E-state index in [0.29, 0.717) is 0 Å². The van der Waals surface area contributed by atoms with Crippen LogP contribution in [-0.4, -0.2) is 20.2 Å². The zero-order chi connectivity index (χ0) is 12.8. The van der Waals surface area contributed by atoms with E-state index in [2.05, 4.69) is 53.6 Å². The lowest BCUT2D eigenvalue weighted by atomic mass is 10.2. The maximum absolute atomic E-state index is 4.08. The van der Waals surface area contributed by atoms with Crippen molar-refractivity contribution in [3.05, 3.63) is 35.7 Å². The van der Waals surface area contributed by atoms with Gasteiger partial charge in [-0.15, -0.1) is 16.9 Å². The molecule has 0 unspecified atom stereocenters.